The van der Waals surface area contributed by atoms with E-state index < -0.39 is 16.0 Å². The summed E-state index contributed by atoms with van der Waals surface area (Å²) < 4.78 is 38.3. The zero-order valence-electron chi connectivity index (χ0n) is 20.5. The Hall–Kier alpha value is -2.50. The van der Waals surface area contributed by atoms with Gasteiger partial charge >= 0.3 is 12.1 Å². The monoisotopic (exact) mass is 523 g/mol. The molecule has 1 saturated carbocycles. The van der Waals surface area contributed by atoms with E-state index >= 15 is 0 Å². The number of esters is 1. The Kier molecular flexibility index (Phi) is 9.26. The van der Waals surface area contributed by atoms with Crippen LogP contribution < -0.4 is 10.0 Å². The molecular weight excluding hydrogens is 490 g/mol. The highest BCUT2D eigenvalue weighted by Gasteiger charge is 2.27. The molecule has 0 bridgehead atoms. The number of rotatable bonds is 9. The van der Waals surface area contributed by atoms with Gasteiger partial charge in [0, 0.05) is 30.3 Å². The van der Waals surface area contributed by atoms with Crippen molar-refractivity contribution in [2.24, 2.45) is 0 Å². The van der Waals surface area contributed by atoms with Crippen LogP contribution in [0.2, 0.25) is 0 Å². The summed E-state index contributed by atoms with van der Waals surface area (Å²) in [6.45, 7) is 5.60. The molecule has 3 rings (SSSR count). The lowest BCUT2D eigenvalue weighted by Gasteiger charge is -2.28. The number of methoxy groups -OCH3 is 1. The van der Waals surface area contributed by atoms with Crippen molar-refractivity contribution in [3.63, 3.8) is 0 Å². The maximum atomic E-state index is 12.9. The quantitative estimate of drug-likeness (QED) is 0.476. The summed E-state index contributed by atoms with van der Waals surface area (Å²) in [5, 5.41) is 3.88. The summed E-state index contributed by atoms with van der Waals surface area (Å²) in [6.07, 6.45) is 4.57. The molecule has 1 aromatic heterocycles. The van der Waals surface area contributed by atoms with Crippen molar-refractivity contribution in [2.75, 3.05) is 13.7 Å². The number of sulfonamides is 1. The summed E-state index contributed by atoms with van der Waals surface area (Å²) >= 11 is 1.48. The van der Waals surface area contributed by atoms with E-state index in [0.717, 1.165) is 35.6 Å². The third-order valence-electron chi connectivity index (χ3n) is 5.78. The first-order chi connectivity index (χ1) is 16.6. The molecule has 1 aliphatic carbocycles. The second kappa shape index (κ2) is 12.0. The molecule has 1 amide bonds. The van der Waals surface area contributed by atoms with Crippen molar-refractivity contribution < 1.29 is 27.5 Å². The second-order valence-electron chi connectivity index (χ2n) is 8.79. The van der Waals surface area contributed by atoms with Crippen LogP contribution in [0.15, 0.2) is 29.3 Å². The highest BCUT2D eigenvalue weighted by atomic mass is 32.2. The van der Waals surface area contributed by atoms with Crippen molar-refractivity contribution in [3.05, 3.63) is 35.0 Å². The van der Waals surface area contributed by atoms with Gasteiger partial charge in [0.25, 0.3) is 0 Å². The largest absolute Gasteiger partial charge is 0.469 e. The SMILES string of the molecule is CCNS(=O)(=O)c1cc(CC(=O)OC)ccc1-c1cnc([C@H]2CC[C@H](NC(=O)OC(C)C)CC2)s1. The standard InChI is InChI=1S/C24H33N3O6S2/c1-5-26-35(30,31)21-12-16(13-22(28)32-4)6-11-19(21)20-14-25-23(34-20)17-7-9-18(10-8-17)27-24(29)33-15(2)3/h6,11-12,14-15,17-18,26H,5,7-10,13H2,1-4H3,(H,27,29)/t17-,18-. The van der Waals surface area contributed by atoms with E-state index in [4.69, 9.17) is 9.47 Å². The molecule has 1 fully saturated rings. The topological polar surface area (TPSA) is 124 Å². The van der Waals surface area contributed by atoms with Gasteiger partial charge in [-0.3, -0.25) is 4.79 Å². The van der Waals surface area contributed by atoms with Crippen LogP contribution in [-0.4, -0.2) is 51.3 Å². The van der Waals surface area contributed by atoms with Crippen LogP contribution >= 0.6 is 11.3 Å². The van der Waals surface area contributed by atoms with Crippen molar-refractivity contribution in [1.82, 2.24) is 15.0 Å². The molecule has 0 radical (unpaired) electrons. The second-order valence-corrected chi connectivity index (χ2v) is 11.6. The molecule has 35 heavy (non-hydrogen) atoms. The van der Waals surface area contributed by atoms with Crippen LogP contribution in [0, 0.1) is 0 Å². The molecular formula is C24H33N3O6S2. The number of nitrogens with one attached hydrogen (secondary N) is 2. The fraction of sp³-hybridized carbons (Fsp3) is 0.542. The third kappa shape index (κ3) is 7.25. The molecule has 11 heteroatoms. The molecule has 0 spiro atoms. The first-order valence-corrected chi connectivity index (χ1v) is 14.1. The van der Waals surface area contributed by atoms with E-state index in [2.05, 4.69) is 15.0 Å². The molecule has 1 aromatic carbocycles. The van der Waals surface area contributed by atoms with E-state index in [0.29, 0.717) is 11.1 Å². The van der Waals surface area contributed by atoms with Gasteiger partial charge in [0.15, 0.2) is 0 Å². The van der Waals surface area contributed by atoms with Gasteiger partial charge in [-0.15, -0.1) is 11.3 Å². The molecule has 2 aromatic rings. The molecule has 1 aliphatic rings. The van der Waals surface area contributed by atoms with E-state index in [9.17, 15) is 18.0 Å². The van der Waals surface area contributed by atoms with Gasteiger partial charge in [-0.1, -0.05) is 19.1 Å². The lowest BCUT2D eigenvalue weighted by molar-refractivity contribution is -0.139. The number of nitrogens with zero attached hydrogens (tertiary/aromatic N) is 1. The molecule has 2 N–H and O–H groups in total. The van der Waals surface area contributed by atoms with Gasteiger partial charge in [0.05, 0.1) is 34.4 Å². The number of hydrogen-bond acceptors (Lipinski definition) is 8. The number of carbonyl (C=O) groups excluding carboxylic acids is 2. The molecule has 0 atom stereocenters. The Morgan fingerprint density at radius 3 is 2.54 bits per heavy atom. The van der Waals surface area contributed by atoms with E-state index in [-0.39, 0.29) is 42.0 Å². The van der Waals surface area contributed by atoms with Gasteiger partial charge in [0.2, 0.25) is 10.0 Å². The summed E-state index contributed by atoms with van der Waals surface area (Å²) in [5.41, 5.74) is 1.11. The van der Waals surface area contributed by atoms with Crippen molar-refractivity contribution >= 4 is 33.4 Å². The van der Waals surface area contributed by atoms with Crippen LogP contribution in [0.4, 0.5) is 4.79 Å². The Morgan fingerprint density at radius 1 is 1.20 bits per heavy atom. The van der Waals surface area contributed by atoms with Gasteiger partial charge in [-0.05, 0) is 51.2 Å². The summed E-state index contributed by atoms with van der Waals surface area (Å²) in [6, 6.07) is 5.07. The molecule has 0 unspecified atom stereocenters. The van der Waals surface area contributed by atoms with Crippen LogP contribution in [0.3, 0.4) is 0 Å². The van der Waals surface area contributed by atoms with Gasteiger partial charge < -0.3 is 14.8 Å². The number of aromatic nitrogens is 1. The van der Waals surface area contributed by atoms with E-state index in [1.54, 1.807) is 25.3 Å². The average molecular weight is 524 g/mol. The van der Waals surface area contributed by atoms with E-state index in [1.165, 1.54) is 24.5 Å². The summed E-state index contributed by atoms with van der Waals surface area (Å²) in [5.74, 6) is -0.187. The average Bonchev–Trinajstić information content (AvgIpc) is 3.29. The third-order valence-corrected chi connectivity index (χ3v) is 8.55. The van der Waals surface area contributed by atoms with Crippen molar-refractivity contribution in [3.8, 4) is 10.4 Å². The Bertz CT molecular complexity index is 1140. The van der Waals surface area contributed by atoms with Gasteiger partial charge in [-0.25, -0.2) is 22.9 Å². The summed E-state index contributed by atoms with van der Waals surface area (Å²) in [7, 11) is -2.47. The Balaban J connectivity index is 1.77. The molecule has 0 aliphatic heterocycles. The minimum absolute atomic E-state index is 0.0125. The first kappa shape index (κ1) is 27.1. The predicted molar refractivity (Wildman–Crippen MR) is 134 cm³/mol. The highest BCUT2D eigenvalue weighted by molar-refractivity contribution is 7.89. The van der Waals surface area contributed by atoms with Crippen LogP contribution in [0.25, 0.3) is 10.4 Å². The number of amides is 1. The Labute approximate surface area is 210 Å². The van der Waals surface area contributed by atoms with Crippen LogP contribution in [0.5, 0.6) is 0 Å². The molecule has 9 nitrogen and oxygen atoms in total. The molecule has 1 heterocycles. The zero-order chi connectivity index (χ0) is 25.6. The normalized spacial score (nSPS) is 18.3. The minimum Gasteiger partial charge on any atom is -0.469 e. The number of hydrogen-bond donors (Lipinski definition) is 2. The summed E-state index contributed by atoms with van der Waals surface area (Å²) in [4.78, 5) is 29.1. The van der Waals surface area contributed by atoms with Gasteiger partial charge in [-0.2, -0.15) is 0 Å². The minimum atomic E-state index is -3.77. The van der Waals surface area contributed by atoms with Crippen LogP contribution in [0.1, 0.15) is 62.9 Å². The number of thiazole rings is 1. The maximum Gasteiger partial charge on any atom is 0.407 e. The number of benzene rings is 1. The maximum absolute atomic E-state index is 12.9. The number of alkyl carbamates (subject to hydrolysis) is 1. The first-order valence-electron chi connectivity index (χ1n) is 11.8. The zero-order valence-corrected chi connectivity index (χ0v) is 22.1. The molecule has 0 saturated heterocycles. The number of carbonyl (C=O) groups is 2. The van der Waals surface area contributed by atoms with Crippen LogP contribution in [-0.2, 0) is 30.7 Å². The van der Waals surface area contributed by atoms with Crippen molar-refractivity contribution in [1.29, 1.82) is 0 Å². The smallest absolute Gasteiger partial charge is 0.407 e. The highest BCUT2D eigenvalue weighted by Crippen LogP contribution is 2.39. The lowest BCUT2D eigenvalue weighted by Crippen LogP contribution is -2.38. The Morgan fingerprint density at radius 2 is 1.91 bits per heavy atom. The fourth-order valence-corrected chi connectivity index (χ4v) is 6.61. The van der Waals surface area contributed by atoms with Crippen molar-refractivity contribution in [2.45, 2.75) is 75.8 Å². The predicted octanol–water partition coefficient (Wildman–Crippen LogP) is 3.98. The fourth-order valence-electron chi connectivity index (χ4n) is 4.11. The van der Waals surface area contributed by atoms with E-state index in [1.807, 2.05) is 13.8 Å². The lowest BCUT2D eigenvalue weighted by atomic mass is 9.86. The van der Waals surface area contributed by atoms with Gasteiger partial charge in [0.1, 0.15) is 0 Å². The number of ether oxygens (including phenoxy) is 2. The molecule has 192 valence electrons.